The van der Waals surface area contributed by atoms with E-state index in [0.717, 1.165) is 10.2 Å². The number of fused-ring (bicyclic) bond motifs is 1. The zero-order valence-corrected chi connectivity index (χ0v) is 12.2. The van der Waals surface area contributed by atoms with Crippen molar-refractivity contribution in [3.63, 3.8) is 0 Å². The molecule has 5 heteroatoms. The first-order chi connectivity index (χ1) is 9.43. The second kappa shape index (κ2) is 4.52. The summed E-state index contributed by atoms with van der Waals surface area (Å²) in [4.78, 5) is 2.53. The SMILES string of the molecule is c1csc(-c2ccc3snnc3c2-c2cccs2)c1. The number of benzene rings is 1. The van der Waals surface area contributed by atoms with Crippen molar-refractivity contribution in [2.24, 2.45) is 0 Å². The molecule has 0 saturated heterocycles. The van der Waals surface area contributed by atoms with E-state index in [0.29, 0.717) is 0 Å². The lowest BCUT2D eigenvalue weighted by Crippen LogP contribution is -1.83. The van der Waals surface area contributed by atoms with Crippen LogP contribution in [0.25, 0.3) is 31.1 Å². The zero-order valence-electron chi connectivity index (χ0n) is 9.74. The molecule has 0 atom stereocenters. The van der Waals surface area contributed by atoms with Crippen molar-refractivity contribution in [2.75, 3.05) is 0 Å². The lowest BCUT2D eigenvalue weighted by atomic mass is 10.0. The maximum atomic E-state index is 4.32. The number of thiophene rings is 2. The number of nitrogens with zero attached hydrogens (tertiary/aromatic N) is 2. The molecule has 0 fully saturated rings. The fourth-order valence-electron chi connectivity index (χ4n) is 2.16. The average Bonchev–Trinajstić information content (AvgIpc) is 3.18. The van der Waals surface area contributed by atoms with Crippen molar-refractivity contribution < 1.29 is 0 Å². The van der Waals surface area contributed by atoms with Gasteiger partial charge in [0.05, 0.1) is 4.70 Å². The van der Waals surface area contributed by atoms with Crippen LogP contribution in [0.4, 0.5) is 0 Å². The van der Waals surface area contributed by atoms with Crippen molar-refractivity contribution in [2.45, 2.75) is 0 Å². The van der Waals surface area contributed by atoms with Crippen LogP contribution >= 0.6 is 34.2 Å². The molecule has 3 aromatic heterocycles. The van der Waals surface area contributed by atoms with Crippen molar-refractivity contribution in [1.29, 1.82) is 0 Å². The third-order valence-electron chi connectivity index (χ3n) is 2.98. The molecule has 19 heavy (non-hydrogen) atoms. The van der Waals surface area contributed by atoms with Gasteiger partial charge in [-0.1, -0.05) is 22.7 Å². The summed E-state index contributed by atoms with van der Waals surface area (Å²) in [5.41, 5.74) is 3.47. The van der Waals surface area contributed by atoms with Crippen molar-refractivity contribution in [1.82, 2.24) is 9.59 Å². The Balaban J connectivity index is 2.11. The Bertz CT molecular complexity index is 814. The summed E-state index contributed by atoms with van der Waals surface area (Å²) in [6, 6.07) is 12.8. The minimum atomic E-state index is 1.01. The van der Waals surface area contributed by atoms with Gasteiger partial charge < -0.3 is 0 Å². The van der Waals surface area contributed by atoms with E-state index < -0.39 is 0 Å². The molecular weight excluding hydrogens is 292 g/mol. The van der Waals surface area contributed by atoms with Crippen molar-refractivity contribution in [3.8, 4) is 20.9 Å². The van der Waals surface area contributed by atoms with Gasteiger partial charge in [0.1, 0.15) is 5.52 Å². The number of hydrogen-bond acceptors (Lipinski definition) is 5. The summed E-state index contributed by atoms with van der Waals surface area (Å²) >= 11 is 4.96. The van der Waals surface area contributed by atoms with Gasteiger partial charge in [0.25, 0.3) is 0 Å². The highest BCUT2D eigenvalue weighted by Crippen LogP contribution is 2.41. The molecule has 3 heterocycles. The highest BCUT2D eigenvalue weighted by Gasteiger charge is 2.15. The maximum absolute atomic E-state index is 4.32. The van der Waals surface area contributed by atoms with E-state index in [1.165, 1.54) is 32.4 Å². The predicted octanol–water partition coefficient (Wildman–Crippen LogP) is 5.15. The van der Waals surface area contributed by atoms with Crippen LogP contribution in [0, 0.1) is 0 Å². The van der Waals surface area contributed by atoms with E-state index in [9.17, 15) is 0 Å². The third kappa shape index (κ3) is 1.82. The van der Waals surface area contributed by atoms with Gasteiger partial charge >= 0.3 is 0 Å². The molecule has 0 aliphatic carbocycles. The van der Waals surface area contributed by atoms with E-state index in [4.69, 9.17) is 0 Å². The zero-order chi connectivity index (χ0) is 12.7. The summed E-state index contributed by atoms with van der Waals surface area (Å²) in [7, 11) is 0. The van der Waals surface area contributed by atoms with Crippen LogP contribution in [0.5, 0.6) is 0 Å². The second-order valence-electron chi connectivity index (χ2n) is 4.06. The fourth-order valence-corrected chi connectivity index (χ4v) is 4.27. The Morgan fingerprint density at radius 3 is 2.37 bits per heavy atom. The normalized spacial score (nSPS) is 11.2. The molecular formula is C14H8N2S3. The van der Waals surface area contributed by atoms with Gasteiger partial charge in [0, 0.05) is 20.9 Å². The topological polar surface area (TPSA) is 25.8 Å². The van der Waals surface area contributed by atoms with Gasteiger partial charge in [-0.25, -0.2) is 0 Å². The molecule has 0 radical (unpaired) electrons. The van der Waals surface area contributed by atoms with Gasteiger partial charge in [0.15, 0.2) is 0 Å². The molecule has 4 rings (SSSR count). The van der Waals surface area contributed by atoms with Gasteiger partial charge in [-0.3, -0.25) is 0 Å². The molecule has 0 N–H and O–H groups in total. The van der Waals surface area contributed by atoms with E-state index in [1.54, 1.807) is 22.7 Å². The van der Waals surface area contributed by atoms with Crippen LogP contribution in [-0.2, 0) is 0 Å². The summed E-state index contributed by atoms with van der Waals surface area (Å²) in [6.07, 6.45) is 0. The molecule has 0 bridgehead atoms. The quantitative estimate of drug-likeness (QED) is 0.512. The minimum absolute atomic E-state index is 1.01. The minimum Gasteiger partial charge on any atom is -0.144 e. The Kier molecular flexibility index (Phi) is 2.69. The first kappa shape index (κ1) is 11.3. The molecule has 0 aliphatic rings. The first-order valence-corrected chi connectivity index (χ1v) is 8.29. The summed E-state index contributed by atoms with van der Waals surface area (Å²) < 4.78 is 5.24. The summed E-state index contributed by atoms with van der Waals surface area (Å²) in [6.45, 7) is 0. The molecule has 0 aliphatic heterocycles. The van der Waals surface area contributed by atoms with Crippen molar-refractivity contribution >= 4 is 44.4 Å². The first-order valence-electron chi connectivity index (χ1n) is 5.76. The summed E-state index contributed by atoms with van der Waals surface area (Å²) in [5.74, 6) is 0. The molecule has 0 saturated carbocycles. The number of aromatic nitrogens is 2. The number of rotatable bonds is 2. The van der Waals surface area contributed by atoms with E-state index in [1.807, 2.05) is 0 Å². The molecule has 4 aromatic rings. The van der Waals surface area contributed by atoms with E-state index in [2.05, 4.69) is 56.7 Å². The second-order valence-corrected chi connectivity index (χ2v) is 6.74. The van der Waals surface area contributed by atoms with Crippen LogP contribution < -0.4 is 0 Å². The Hall–Kier alpha value is -1.56. The fraction of sp³-hybridized carbons (Fsp3) is 0. The van der Waals surface area contributed by atoms with E-state index >= 15 is 0 Å². The lowest BCUT2D eigenvalue weighted by molar-refractivity contribution is 1.20. The maximum Gasteiger partial charge on any atom is 0.115 e. The van der Waals surface area contributed by atoms with Gasteiger partial charge in [-0.2, -0.15) is 0 Å². The van der Waals surface area contributed by atoms with Crippen LogP contribution in [0.15, 0.2) is 47.2 Å². The van der Waals surface area contributed by atoms with Gasteiger partial charge in [-0.05, 0) is 40.5 Å². The smallest absolute Gasteiger partial charge is 0.115 e. The van der Waals surface area contributed by atoms with Crippen molar-refractivity contribution in [3.05, 3.63) is 47.2 Å². The standard InChI is InChI=1S/C14H8N2S3/c1-3-10(17-7-1)9-5-6-12-14(15-16-19-12)13(9)11-4-2-8-18-11/h1-8H. The predicted molar refractivity (Wildman–Crippen MR) is 84.0 cm³/mol. The Morgan fingerprint density at radius 2 is 1.63 bits per heavy atom. The molecule has 0 amide bonds. The van der Waals surface area contributed by atoms with Crippen LogP contribution in [0.2, 0.25) is 0 Å². The lowest BCUT2D eigenvalue weighted by Gasteiger charge is -2.06. The van der Waals surface area contributed by atoms with Crippen LogP contribution in [-0.4, -0.2) is 9.59 Å². The summed E-state index contributed by atoms with van der Waals surface area (Å²) in [5, 5.41) is 8.54. The third-order valence-corrected chi connectivity index (χ3v) is 5.46. The molecule has 0 unspecified atom stereocenters. The Morgan fingerprint density at radius 1 is 0.842 bits per heavy atom. The molecule has 1 aromatic carbocycles. The number of hydrogen-bond donors (Lipinski definition) is 0. The molecule has 2 nitrogen and oxygen atoms in total. The molecule has 0 spiro atoms. The average molecular weight is 300 g/mol. The van der Waals surface area contributed by atoms with Crippen LogP contribution in [0.1, 0.15) is 0 Å². The van der Waals surface area contributed by atoms with E-state index in [-0.39, 0.29) is 0 Å². The molecule has 92 valence electrons. The van der Waals surface area contributed by atoms with Crippen LogP contribution in [0.3, 0.4) is 0 Å². The monoisotopic (exact) mass is 300 g/mol. The van der Waals surface area contributed by atoms with Gasteiger partial charge in [-0.15, -0.1) is 27.8 Å². The largest absolute Gasteiger partial charge is 0.144 e. The highest BCUT2D eigenvalue weighted by molar-refractivity contribution is 7.15. The van der Waals surface area contributed by atoms with Gasteiger partial charge in [0.2, 0.25) is 0 Å². The Labute approximate surface area is 122 Å². The highest BCUT2D eigenvalue weighted by atomic mass is 32.1.